The number of ether oxygens (including phenoxy) is 2. The second kappa shape index (κ2) is 8.97. The highest BCUT2D eigenvalue weighted by Gasteiger charge is 2.46. The van der Waals surface area contributed by atoms with Gasteiger partial charge in [0.25, 0.3) is 0 Å². The molecule has 1 aromatic carbocycles. The Hall–Kier alpha value is -2.87. The van der Waals surface area contributed by atoms with Crippen LogP contribution in [-0.2, 0) is 6.54 Å². The Balaban J connectivity index is 1.45. The number of aromatic nitrogens is 5. The molecule has 0 amide bonds. The van der Waals surface area contributed by atoms with E-state index in [2.05, 4.69) is 79.4 Å². The average molecular weight is 479 g/mol. The van der Waals surface area contributed by atoms with Gasteiger partial charge in [-0.05, 0) is 59.1 Å². The zero-order chi connectivity index (χ0) is 24.9. The summed E-state index contributed by atoms with van der Waals surface area (Å²) in [6, 6.07) is 6.93. The lowest BCUT2D eigenvalue weighted by Gasteiger charge is -2.52. The molecular formula is C27H38N6O2. The first-order chi connectivity index (χ1) is 16.6. The smallest absolute Gasteiger partial charge is 0.178 e. The Morgan fingerprint density at radius 3 is 2.49 bits per heavy atom. The van der Waals surface area contributed by atoms with Crippen molar-refractivity contribution in [2.24, 2.45) is 5.92 Å². The van der Waals surface area contributed by atoms with Crippen molar-refractivity contribution in [2.45, 2.75) is 79.1 Å². The fourth-order valence-corrected chi connectivity index (χ4v) is 5.29. The van der Waals surface area contributed by atoms with Gasteiger partial charge >= 0.3 is 0 Å². The van der Waals surface area contributed by atoms with E-state index in [0.29, 0.717) is 18.6 Å². The van der Waals surface area contributed by atoms with Crippen LogP contribution in [0.25, 0.3) is 22.9 Å². The normalized spacial score (nSPS) is 17.2. The van der Waals surface area contributed by atoms with E-state index in [1.807, 2.05) is 17.7 Å². The molecule has 2 aliphatic heterocycles. The fraction of sp³-hybridized carbons (Fsp3) is 0.593. The van der Waals surface area contributed by atoms with Crippen molar-refractivity contribution < 1.29 is 9.47 Å². The van der Waals surface area contributed by atoms with Crippen molar-refractivity contribution in [3.05, 3.63) is 30.2 Å². The van der Waals surface area contributed by atoms with Crippen molar-refractivity contribution in [1.29, 1.82) is 0 Å². The lowest BCUT2D eigenvalue weighted by atomic mass is 9.84. The first-order valence-electron chi connectivity index (χ1n) is 12.8. The molecule has 1 fully saturated rings. The molecule has 188 valence electrons. The fourth-order valence-electron chi connectivity index (χ4n) is 5.29. The minimum atomic E-state index is -0.137. The molecule has 0 unspecified atom stereocenters. The van der Waals surface area contributed by atoms with Gasteiger partial charge < -0.3 is 14.0 Å². The topological polar surface area (TPSA) is 70.2 Å². The Morgan fingerprint density at radius 1 is 1.03 bits per heavy atom. The SMILES string of the molecule is Cc1nc(-c2cn3c(n2)-c2ccc(OC4(CC(C)C)CN(C(C)C)C4)cc2OCC3)n(C(C)C)n1. The number of fused-ring (bicyclic) bond motifs is 3. The number of nitrogens with zero attached hydrogens (tertiary/aromatic N) is 6. The van der Waals surface area contributed by atoms with Crippen molar-refractivity contribution in [2.75, 3.05) is 19.7 Å². The Bertz CT molecular complexity index is 1200. The molecule has 35 heavy (non-hydrogen) atoms. The third-order valence-corrected chi connectivity index (χ3v) is 6.84. The van der Waals surface area contributed by atoms with Crippen LogP contribution in [0, 0.1) is 12.8 Å². The molecule has 0 saturated carbocycles. The average Bonchev–Trinajstić information content (AvgIpc) is 3.31. The number of benzene rings is 1. The van der Waals surface area contributed by atoms with Crippen LogP contribution in [0.1, 0.15) is 59.8 Å². The molecule has 0 spiro atoms. The minimum absolute atomic E-state index is 0.137. The molecule has 8 nitrogen and oxygen atoms in total. The van der Waals surface area contributed by atoms with Gasteiger partial charge in [0, 0.05) is 37.4 Å². The maximum Gasteiger partial charge on any atom is 0.178 e. The van der Waals surface area contributed by atoms with Crippen LogP contribution >= 0.6 is 0 Å². The quantitative estimate of drug-likeness (QED) is 0.477. The van der Waals surface area contributed by atoms with E-state index in [1.165, 1.54) is 0 Å². The summed E-state index contributed by atoms with van der Waals surface area (Å²) in [7, 11) is 0. The van der Waals surface area contributed by atoms with Gasteiger partial charge in [-0.3, -0.25) is 4.90 Å². The number of rotatable bonds is 7. The van der Waals surface area contributed by atoms with Gasteiger partial charge in [-0.2, -0.15) is 5.10 Å². The van der Waals surface area contributed by atoms with Crippen LogP contribution in [0.3, 0.4) is 0 Å². The van der Waals surface area contributed by atoms with Gasteiger partial charge in [-0.25, -0.2) is 14.6 Å². The number of imidazole rings is 1. The predicted molar refractivity (Wildman–Crippen MR) is 137 cm³/mol. The van der Waals surface area contributed by atoms with Crippen LogP contribution in [0.5, 0.6) is 11.5 Å². The molecule has 1 saturated heterocycles. The molecule has 3 aromatic rings. The molecule has 5 rings (SSSR count). The summed E-state index contributed by atoms with van der Waals surface area (Å²) in [6.07, 6.45) is 3.10. The van der Waals surface area contributed by atoms with Crippen LogP contribution in [0.4, 0.5) is 0 Å². The highest BCUT2D eigenvalue weighted by molar-refractivity contribution is 5.69. The van der Waals surface area contributed by atoms with Crippen molar-refractivity contribution in [3.8, 4) is 34.4 Å². The van der Waals surface area contributed by atoms with Gasteiger partial charge in [0.05, 0.1) is 12.1 Å². The highest BCUT2D eigenvalue weighted by Crippen LogP contribution is 2.40. The van der Waals surface area contributed by atoms with Gasteiger partial charge in [-0.1, -0.05) is 13.8 Å². The van der Waals surface area contributed by atoms with Crippen LogP contribution < -0.4 is 9.47 Å². The molecule has 2 aromatic heterocycles. The number of aryl methyl sites for hydroxylation is 1. The van der Waals surface area contributed by atoms with Crippen molar-refractivity contribution in [3.63, 3.8) is 0 Å². The molecule has 0 bridgehead atoms. The van der Waals surface area contributed by atoms with E-state index in [1.54, 1.807) is 0 Å². The lowest BCUT2D eigenvalue weighted by Crippen LogP contribution is -2.67. The van der Waals surface area contributed by atoms with Crippen LogP contribution in [0.2, 0.25) is 0 Å². The maximum absolute atomic E-state index is 6.67. The van der Waals surface area contributed by atoms with Gasteiger partial charge in [0.15, 0.2) is 5.82 Å². The van der Waals surface area contributed by atoms with Crippen molar-refractivity contribution >= 4 is 0 Å². The zero-order valence-electron chi connectivity index (χ0n) is 22.1. The molecule has 8 heteroatoms. The third kappa shape index (κ3) is 4.56. The van der Waals surface area contributed by atoms with E-state index in [0.717, 1.165) is 66.3 Å². The lowest BCUT2D eigenvalue weighted by molar-refractivity contribution is -0.102. The third-order valence-electron chi connectivity index (χ3n) is 6.84. The summed E-state index contributed by atoms with van der Waals surface area (Å²) in [5, 5.41) is 4.56. The summed E-state index contributed by atoms with van der Waals surface area (Å²) in [6.45, 7) is 18.4. The number of hydrogen-bond acceptors (Lipinski definition) is 6. The summed E-state index contributed by atoms with van der Waals surface area (Å²) in [5.41, 5.74) is 1.67. The minimum Gasteiger partial charge on any atom is -0.491 e. The highest BCUT2D eigenvalue weighted by atomic mass is 16.5. The van der Waals surface area contributed by atoms with E-state index < -0.39 is 0 Å². The zero-order valence-corrected chi connectivity index (χ0v) is 22.1. The maximum atomic E-state index is 6.67. The van der Waals surface area contributed by atoms with Crippen molar-refractivity contribution in [1.82, 2.24) is 29.2 Å². The van der Waals surface area contributed by atoms with Gasteiger partial charge in [0.2, 0.25) is 0 Å². The predicted octanol–water partition coefficient (Wildman–Crippen LogP) is 4.98. The standard InChI is InChI=1S/C27H38N6O2/c1-17(2)13-27(15-32(16-27)18(3)4)35-21-8-9-22-24(12-21)34-11-10-31-14-23(29-25(22)31)26-28-20(7)30-33(26)19(5)6/h8-9,12,14,17-19H,10-11,13,15-16H2,1-7H3. The summed E-state index contributed by atoms with van der Waals surface area (Å²) < 4.78 is 16.9. The van der Waals surface area contributed by atoms with Gasteiger partial charge in [-0.15, -0.1) is 0 Å². The second-order valence-corrected chi connectivity index (χ2v) is 11.1. The Morgan fingerprint density at radius 2 is 1.80 bits per heavy atom. The second-order valence-electron chi connectivity index (χ2n) is 11.1. The van der Waals surface area contributed by atoms with Crippen LogP contribution in [-0.4, -0.2) is 60.6 Å². The molecule has 0 N–H and O–H groups in total. The monoisotopic (exact) mass is 478 g/mol. The van der Waals surface area contributed by atoms with Gasteiger partial charge in [0.1, 0.15) is 41.0 Å². The Kier molecular flexibility index (Phi) is 6.11. The molecule has 0 atom stereocenters. The molecule has 2 aliphatic rings. The number of hydrogen-bond donors (Lipinski definition) is 0. The van der Waals surface area contributed by atoms with Crippen LogP contribution in [0.15, 0.2) is 24.4 Å². The summed E-state index contributed by atoms with van der Waals surface area (Å²) >= 11 is 0. The Labute approximate surface area is 208 Å². The van der Waals surface area contributed by atoms with E-state index in [4.69, 9.17) is 14.5 Å². The molecule has 4 heterocycles. The van der Waals surface area contributed by atoms with E-state index >= 15 is 0 Å². The molecular weight excluding hydrogens is 440 g/mol. The summed E-state index contributed by atoms with van der Waals surface area (Å²) in [5.74, 6) is 4.70. The van der Waals surface area contributed by atoms with E-state index in [9.17, 15) is 0 Å². The molecule has 0 aliphatic carbocycles. The molecule has 0 radical (unpaired) electrons. The number of likely N-dealkylation sites (tertiary alicyclic amines) is 1. The first kappa shape index (κ1) is 23.9. The first-order valence-corrected chi connectivity index (χ1v) is 12.8. The summed E-state index contributed by atoms with van der Waals surface area (Å²) in [4.78, 5) is 12.1. The largest absolute Gasteiger partial charge is 0.491 e. The van der Waals surface area contributed by atoms with E-state index in [-0.39, 0.29) is 11.6 Å².